The van der Waals surface area contributed by atoms with Crippen molar-refractivity contribution in [2.24, 2.45) is 7.05 Å². The summed E-state index contributed by atoms with van der Waals surface area (Å²) in [5.41, 5.74) is 3.94. The molecule has 2 rings (SSSR count). The number of rotatable bonds is 1. The Morgan fingerprint density at radius 1 is 1.29 bits per heavy atom. The van der Waals surface area contributed by atoms with E-state index in [0.717, 1.165) is 0 Å². The van der Waals surface area contributed by atoms with Crippen molar-refractivity contribution in [1.29, 1.82) is 0 Å². The summed E-state index contributed by atoms with van der Waals surface area (Å²) in [4.78, 5) is 0. The molecule has 0 spiro atoms. The first-order chi connectivity index (χ1) is 6.59. The first kappa shape index (κ1) is 9.25. The summed E-state index contributed by atoms with van der Waals surface area (Å²) >= 11 is 0. The lowest BCUT2D eigenvalue weighted by Crippen LogP contribution is -1.92. The quantitative estimate of drug-likeness (QED) is 0.672. The van der Waals surface area contributed by atoms with Gasteiger partial charge >= 0.3 is 0 Å². The number of benzene rings is 1. The van der Waals surface area contributed by atoms with Gasteiger partial charge in [-0.2, -0.15) is 5.10 Å². The van der Waals surface area contributed by atoms with Crippen molar-refractivity contribution in [2.75, 3.05) is 0 Å². The van der Waals surface area contributed by atoms with Gasteiger partial charge in [-0.3, -0.25) is 4.68 Å². The van der Waals surface area contributed by atoms with Gasteiger partial charge in [-0.25, -0.2) is 0 Å². The van der Waals surface area contributed by atoms with Crippen LogP contribution in [0.3, 0.4) is 0 Å². The molecule has 0 N–H and O–H groups in total. The molecule has 0 saturated carbocycles. The third kappa shape index (κ3) is 1.31. The fraction of sp³-hybridized carbons (Fsp3) is 0.417. The molecule has 1 aromatic carbocycles. The maximum atomic E-state index is 4.30. The van der Waals surface area contributed by atoms with Gasteiger partial charge in [0.1, 0.15) is 0 Å². The molecule has 0 aliphatic heterocycles. The molecule has 0 aliphatic rings. The summed E-state index contributed by atoms with van der Waals surface area (Å²) in [5, 5.41) is 5.58. The zero-order chi connectivity index (χ0) is 10.3. The minimum absolute atomic E-state index is 0.557. The third-order valence-corrected chi connectivity index (χ3v) is 2.67. The van der Waals surface area contributed by atoms with Crippen LogP contribution in [-0.2, 0) is 7.05 Å². The minimum Gasteiger partial charge on any atom is -0.268 e. The van der Waals surface area contributed by atoms with Gasteiger partial charge in [0.25, 0.3) is 0 Å². The van der Waals surface area contributed by atoms with Gasteiger partial charge in [0.2, 0.25) is 0 Å². The minimum atomic E-state index is 0.557. The molecule has 0 radical (unpaired) electrons. The van der Waals surface area contributed by atoms with Gasteiger partial charge in [0.05, 0.1) is 11.7 Å². The molecule has 0 amide bonds. The van der Waals surface area contributed by atoms with Crippen LogP contribution in [0.1, 0.15) is 30.9 Å². The number of aryl methyl sites for hydroxylation is 2. The Kier molecular flexibility index (Phi) is 2.06. The van der Waals surface area contributed by atoms with Gasteiger partial charge in [0, 0.05) is 12.4 Å². The first-order valence-electron chi connectivity index (χ1n) is 5.02. The molecule has 1 aromatic heterocycles. The van der Waals surface area contributed by atoms with Crippen molar-refractivity contribution >= 4 is 10.9 Å². The van der Waals surface area contributed by atoms with E-state index in [9.17, 15) is 0 Å². The van der Waals surface area contributed by atoms with E-state index >= 15 is 0 Å². The molecule has 1 heterocycles. The van der Waals surface area contributed by atoms with Gasteiger partial charge in [-0.1, -0.05) is 19.9 Å². The van der Waals surface area contributed by atoms with E-state index in [-0.39, 0.29) is 0 Å². The third-order valence-electron chi connectivity index (χ3n) is 2.67. The Hall–Kier alpha value is -1.31. The molecule has 74 valence electrons. The SMILES string of the molecule is Cc1cc(C(C)C)c2cnn(C)c2c1. The van der Waals surface area contributed by atoms with Crippen LogP contribution in [0.15, 0.2) is 18.3 Å². The Morgan fingerprint density at radius 2 is 2.00 bits per heavy atom. The lowest BCUT2D eigenvalue weighted by molar-refractivity contribution is 0.796. The summed E-state index contributed by atoms with van der Waals surface area (Å²) in [6.45, 7) is 6.58. The Morgan fingerprint density at radius 3 is 2.64 bits per heavy atom. The zero-order valence-electron chi connectivity index (χ0n) is 9.20. The van der Waals surface area contributed by atoms with Crippen molar-refractivity contribution in [3.63, 3.8) is 0 Å². The largest absolute Gasteiger partial charge is 0.268 e. The van der Waals surface area contributed by atoms with Crippen LogP contribution in [0.5, 0.6) is 0 Å². The highest BCUT2D eigenvalue weighted by atomic mass is 15.2. The van der Waals surface area contributed by atoms with Gasteiger partial charge < -0.3 is 0 Å². The van der Waals surface area contributed by atoms with Gasteiger partial charge in [0.15, 0.2) is 0 Å². The van der Waals surface area contributed by atoms with E-state index in [2.05, 4.69) is 38.0 Å². The highest BCUT2D eigenvalue weighted by Crippen LogP contribution is 2.26. The van der Waals surface area contributed by atoms with E-state index < -0.39 is 0 Å². The highest BCUT2D eigenvalue weighted by molar-refractivity contribution is 5.83. The van der Waals surface area contributed by atoms with E-state index in [1.807, 2.05) is 17.9 Å². The molecule has 0 unspecified atom stereocenters. The summed E-state index contributed by atoms with van der Waals surface area (Å²) in [6, 6.07) is 4.45. The van der Waals surface area contributed by atoms with Crippen molar-refractivity contribution in [1.82, 2.24) is 9.78 Å². The van der Waals surface area contributed by atoms with E-state index in [4.69, 9.17) is 0 Å². The lowest BCUT2D eigenvalue weighted by Gasteiger charge is -2.08. The Labute approximate surface area is 84.5 Å². The van der Waals surface area contributed by atoms with Crippen molar-refractivity contribution in [3.8, 4) is 0 Å². The number of hydrogen-bond donors (Lipinski definition) is 0. The number of aromatic nitrogens is 2. The second kappa shape index (κ2) is 3.12. The fourth-order valence-corrected chi connectivity index (χ4v) is 1.90. The highest BCUT2D eigenvalue weighted by Gasteiger charge is 2.08. The summed E-state index contributed by atoms with van der Waals surface area (Å²) in [5.74, 6) is 0.557. The average Bonchev–Trinajstić information content (AvgIpc) is 2.47. The van der Waals surface area contributed by atoms with E-state index in [1.165, 1.54) is 22.0 Å². The molecule has 2 heteroatoms. The van der Waals surface area contributed by atoms with Crippen molar-refractivity contribution in [3.05, 3.63) is 29.5 Å². The summed E-state index contributed by atoms with van der Waals surface area (Å²) in [7, 11) is 1.99. The Bertz CT molecular complexity index is 466. The molecule has 0 aliphatic carbocycles. The van der Waals surface area contributed by atoms with Crippen LogP contribution in [0.4, 0.5) is 0 Å². The van der Waals surface area contributed by atoms with Crippen LogP contribution in [0.25, 0.3) is 10.9 Å². The van der Waals surface area contributed by atoms with Crippen molar-refractivity contribution < 1.29 is 0 Å². The number of hydrogen-bond acceptors (Lipinski definition) is 1. The van der Waals surface area contributed by atoms with Crippen LogP contribution in [0.2, 0.25) is 0 Å². The predicted molar refractivity (Wildman–Crippen MR) is 59.5 cm³/mol. The fourth-order valence-electron chi connectivity index (χ4n) is 1.90. The van der Waals surface area contributed by atoms with Gasteiger partial charge in [-0.15, -0.1) is 0 Å². The molecule has 0 atom stereocenters. The van der Waals surface area contributed by atoms with Crippen LogP contribution in [0, 0.1) is 6.92 Å². The molecule has 2 nitrogen and oxygen atoms in total. The molecular formula is C12H16N2. The van der Waals surface area contributed by atoms with E-state index in [0.29, 0.717) is 5.92 Å². The maximum absolute atomic E-state index is 4.30. The second-order valence-electron chi connectivity index (χ2n) is 4.21. The number of fused-ring (bicyclic) bond motifs is 1. The second-order valence-corrected chi connectivity index (χ2v) is 4.21. The predicted octanol–water partition coefficient (Wildman–Crippen LogP) is 3.01. The zero-order valence-corrected chi connectivity index (χ0v) is 9.20. The normalized spacial score (nSPS) is 11.5. The van der Waals surface area contributed by atoms with Gasteiger partial charge in [-0.05, 0) is 30.0 Å². The number of nitrogens with zero attached hydrogens (tertiary/aromatic N) is 2. The molecular weight excluding hydrogens is 172 g/mol. The molecule has 14 heavy (non-hydrogen) atoms. The average molecular weight is 188 g/mol. The Balaban J connectivity index is 2.82. The molecule has 0 fully saturated rings. The van der Waals surface area contributed by atoms with Crippen LogP contribution < -0.4 is 0 Å². The topological polar surface area (TPSA) is 17.8 Å². The summed E-state index contributed by atoms with van der Waals surface area (Å²) in [6.07, 6.45) is 1.96. The smallest absolute Gasteiger partial charge is 0.0684 e. The standard InChI is InChI=1S/C12H16N2/c1-8(2)10-5-9(3)6-12-11(10)7-13-14(12)4/h5-8H,1-4H3. The molecule has 0 bridgehead atoms. The molecule has 2 aromatic rings. The maximum Gasteiger partial charge on any atom is 0.0684 e. The molecule has 0 saturated heterocycles. The first-order valence-corrected chi connectivity index (χ1v) is 5.02. The lowest BCUT2D eigenvalue weighted by atomic mass is 9.97. The summed E-state index contributed by atoms with van der Waals surface area (Å²) < 4.78 is 1.94. The monoisotopic (exact) mass is 188 g/mol. The van der Waals surface area contributed by atoms with Crippen LogP contribution >= 0.6 is 0 Å². The van der Waals surface area contributed by atoms with Crippen molar-refractivity contribution in [2.45, 2.75) is 26.7 Å². The van der Waals surface area contributed by atoms with E-state index in [1.54, 1.807) is 0 Å². The van der Waals surface area contributed by atoms with Crippen LogP contribution in [-0.4, -0.2) is 9.78 Å².